The molecular weight excluding hydrogens is 264 g/mol. The van der Waals surface area contributed by atoms with Gasteiger partial charge in [0, 0.05) is 35.1 Å². The molecule has 1 unspecified atom stereocenters. The van der Waals surface area contributed by atoms with Gasteiger partial charge >= 0.3 is 0 Å². The molecule has 1 amide bonds. The Hall–Kier alpha value is -1.71. The number of hydrogen-bond donors (Lipinski definition) is 0. The summed E-state index contributed by atoms with van der Waals surface area (Å²) in [7, 11) is 0. The zero-order chi connectivity index (χ0) is 14.0. The van der Waals surface area contributed by atoms with Crippen molar-refractivity contribution in [3.63, 3.8) is 0 Å². The average Bonchev–Trinajstić information content (AvgIpc) is 2.67. The Balaban J connectivity index is 2.28. The molecule has 1 aliphatic rings. The summed E-state index contributed by atoms with van der Waals surface area (Å²) in [6.45, 7) is 4.86. The molecule has 1 fully saturated rings. The summed E-state index contributed by atoms with van der Waals surface area (Å²) >= 11 is 6.00. The van der Waals surface area contributed by atoms with Crippen molar-refractivity contribution in [1.82, 2.24) is 0 Å². The third kappa shape index (κ3) is 2.83. The molecule has 0 saturated carbocycles. The molecule has 1 aliphatic heterocycles. The van der Waals surface area contributed by atoms with Crippen molar-refractivity contribution in [3.8, 4) is 0 Å². The molecule has 1 heterocycles. The van der Waals surface area contributed by atoms with Gasteiger partial charge < -0.3 is 4.90 Å². The summed E-state index contributed by atoms with van der Waals surface area (Å²) in [6, 6.07) is 3.72. The second-order valence-electron chi connectivity index (χ2n) is 4.88. The predicted molar refractivity (Wildman–Crippen MR) is 75.4 cm³/mol. The Bertz CT molecular complexity index is 543. The fraction of sp³-hybridized carbons (Fsp3) is 0.462. The predicted octanol–water partition coefficient (Wildman–Crippen LogP) is 3.62. The zero-order valence-corrected chi connectivity index (χ0v) is 11.7. The van der Waals surface area contributed by atoms with E-state index in [1.807, 2.05) is 26.0 Å². The van der Waals surface area contributed by atoms with Gasteiger partial charge in [-0.15, -0.1) is 0 Å². The highest BCUT2D eigenvalue weighted by Crippen LogP contribution is 2.33. The number of carbonyl (C=O) groups is 1. The monoisotopic (exact) mass is 278 g/mol. The number of hydrogen-bond acceptors (Lipinski definition) is 2. The first-order valence-electron chi connectivity index (χ1n) is 6.11. The Kier molecular flexibility index (Phi) is 3.98. The van der Waals surface area contributed by atoms with E-state index in [9.17, 15) is 4.79 Å². The molecule has 1 saturated heterocycles. The maximum Gasteiger partial charge on any atom is 0.227 e. The van der Waals surface area contributed by atoms with Crippen LogP contribution in [0.4, 0.5) is 5.69 Å². The molecular formula is C13H15ClN4O. The quantitative estimate of drug-likeness (QED) is 0.473. The summed E-state index contributed by atoms with van der Waals surface area (Å²) in [4.78, 5) is 16.6. The van der Waals surface area contributed by atoms with Gasteiger partial charge in [0.25, 0.3) is 0 Å². The second-order valence-corrected chi connectivity index (χ2v) is 5.31. The molecule has 0 spiro atoms. The molecule has 100 valence electrons. The summed E-state index contributed by atoms with van der Waals surface area (Å²) < 4.78 is 0. The van der Waals surface area contributed by atoms with Crippen LogP contribution in [0.25, 0.3) is 10.4 Å². The van der Waals surface area contributed by atoms with Gasteiger partial charge in [-0.1, -0.05) is 16.7 Å². The first-order chi connectivity index (χ1) is 9.02. The molecule has 1 atom stereocenters. The van der Waals surface area contributed by atoms with E-state index in [-0.39, 0.29) is 11.8 Å². The highest BCUT2D eigenvalue weighted by molar-refractivity contribution is 6.30. The van der Waals surface area contributed by atoms with Crippen LogP contribution < -0.4 is 4.90 Å². The molecule has 0 N–H and O–H groups in total. The van der Waals surface area contributed by atoms with E-state index in [1.165, 1.54) is 0 Å². The minimum Gasteiger partial charge on any atom is -0.312 e. The lowest BCUT2D eigenvalue weighted by molar-refractivity contribution is -0.117. The van der Waals surface area contributed by atoms with Crippen molar-refractivity contribution in [2.75, 3.05) is 18.0 Å². The SMILES string of the molecule is Cc1cc(Cl)cc(C)c1N1CC(CN=[N+]=[N-])CC1=O. The number of carbonyl (C=O) groups excluding carboxylic acids is 1. The first-order valence-corrected chi connectivity index (χ1v) is 6.48. The third-order valence-corrected chi connectivity index (χ3v) is 3.55. The van der Waals surface area contributed by atoms with Crippen molar-refractivity contribution >= 4 is 23.2 Å². The van der Waals surface area contributed by atoms with Gasteiger partial charge in [-0.3, -0.25) is 4.79 Å². The Morgan fingerprint density at radius 1 is 1.47 bits per heavy atom. The molecule has 19 heavy (non-hydrogen) atoms. The Morgan fingerprint density at radius 2 is 2.11 bits per heavy atom. The van der Waals surface area contributed by atoms with Crippen LogP contribution in [0.2, 0.25) is 5.02 Å². The van der Waals surface area contributed by atoms with E-state index in [0.717, 1.165) is 16.8 Å². The smallest absolute Gasteiger partial charge is 0.227 e. The maximum absolute atomic E-state index is 12.1. The molecule has 6 heteroatoms. The van der Waals surface area contributed by atoms with Crippen LogP contribution in [0.15, 0.2) is 17.2 Å². The van der Waals surface area contributed by atoms with E-state index >= 15 is 0 Å². The zero-order valence-electron chi connectivity index (χ0n) is 10.9. The van der Waals surface area contributed by atoms with Crippen LogP contribution in [0, 0.1) is 19.8 Å². The fourth-order valence-corrected chi connectivity index (χ4v) is 2.93. The van der Waals surface area contributed by atoms with Crippen molar-refractivity contribution in [3.05, 3.63) is 38.7 Å². The van der Waals surface area contributed by atoms with E-state index in [1.54, 1.807) is 4.90 Å². The summed E-state index contributed by atoms with van der Waals surface area (Å²) in [5, 5.41) is 4.23. The van der Waals surface area contributed by atoms with Gasteiger partial charge in [0.1, 0.15) is 0 Å². The third-order valence-electron chi connectivity index (χ3n) is 3.33. The first kappa shape index (κ1) is 13.7. The molecule has 0 radical (unpaired) electrons. The molecule has 2 rings (SSSR count). The summed E-state index contributed by atoms with van der Waals surface area (Å²) in [5.74, 6) is 0.171. The van der Waals surface area contributed by atoms with Crippen LogP contribution in [-0.2, 0) is 4.79 Å². The van der Waals surface area contributed by atoms with Gasteiger partial charge in [0.15, 0.2) is 0 Å². The van der Waals surface area contributed by atoms with E-state index in [0.29, 0.717) is 24.5 Å². The number of benzene rings is 1. The Morgan fingerprint density at radius 3 is 2.68 bits per heavy atom. The van der Waals surface area contributed by atoms with Crippen LogP contribution in [-0.4, -0.2) is 19.0 Å². The number of halogens is 1. The van der Waals surface area contributed by atoms with Crippen molar-refractivity contribution < 1.29 is 4.79 Å². The van der Waals surface area contributed by atoms with Crippen molar-refractivity contribution in [1.29, 1.82) is 0 Å². The van der Waals surface area contributed by atoms with Gasteiger partial charge in [0.2, 0.25) is 5.91 Å². The van der Waals surface area contributed by atoms with Gasteiger partial charge in [-0.25, -0.2) is 0 Å². The van der Waals surface area contributed by atoms with Crippen LogP contribution in [0.3, 0.4) is 0 Å². The van der Waals surface area contributed by atoms with Crippen molar-refractivity contribution in [2.24, 2.45) is 11.0 Å². The minimum atomic E-state index is 0.0756. The number of rotatable bonds is 3. The standard InChI is InChI=1S/C13H15ClN4O/c1-8-3-11(14)4-9(2)13(8)18-7-10(5-12(18)19)6-16-17-15/h3-4,10H,5-7H2,1-2H3. The molecule has 5 nitrogen and oxygen atoms in total. The lowest BCUT2D eigenvalue weighted by atomic mass is 10.1. The highest BCUT2D eigenvalue weighted by atomic mass is 35.5. The molecule has 0 aliphatic carbocycles. The molecule has 1 aromatic carbocycles. The van der Waals surface area contributed by atoms with E-state index in [4.69, 9.17) is 17.1 Å². The normalized spacial score (nSPS) is 18.6. The van der Waals surface area contributed by atoms with Gasteiger partial charge in [0.05, 0.1) is 0 Å². The molecule has 0 bridgehead atoms. The molecule has 0 aromatic heterocycles. The maximum atomic E-state index is 12.1. The minimum absolute atomic E-state index is 0.0756. The largest absolute Gasteiger partial charge is 0.312 e. The number of nitrogens with zero attached hydrogens (tertiary/aromatic N) is 4. The van der Waals surface area contributed by atoms with E-state index in [2.05, 4.69) is 10.0 Å². The van der Waals surface area contributed by atoms with E-state index < -0.39 is 0 Å². The summed E-state index contributed by atoms with van der Waals surface area (Å²) in [6.07, 6.45) is 0.431. The number of azide groups is 1. The van der Waals surface area contributed by atoms with Crippen LogP contribution >= 0.6 is 11.6 Å². The highest BCUT2D eigenvalue weighted by Gasteiger charge is 2.31. The van der Waals surface area contributed by atoms with Crippen LogP contribution in [0.5, 0.6) is 0 Å². The fourth-order valence-electron chi connectivity index (χ4n) is 2.60. The van der Waals surface area contributed by atoms with Crippen LogP contribution in [0.1, 0.15) is 17.5 Å². The van der Waals surface area contributed by atoms with Gasteiger partial charge in [-0.2, -0.15) is 0 Å². The summed E-state index contributed by atoms with van der Waals surface area (Å²) in [5.41, 5.74) is 11.2. The lowest BCUT2D eigenvalue weighted by Crippen LogP contribution is -2.26. The topological polar surface area (TPSA) is 69.1 Å². The number of aryl methyl sites for hydroxylation is 2. The number of amides is 1. The molecule has 1 aromatic rings. The lowest BCUT2D eigenvalue weighted by Gasteiger charge is -2.21. The van der Waals surface area contributed by atoms with Crippen molar-refractivity contribution in [2.45, 2.75) is 20.3 Å². The average molecular weight is 279 g/mol. The Labute approximate surface area is 116 Å². The van der Waals surface area contributed by atoms with Gasteiger partial charge in [-0.05, 0) is 48.6 Å². The second kappa shape index (κ2) is 5.51. The number of anilines is 1.